The van der Waals surface area contributed by atoms with Crippen molar-refractivity contribution in [2.45, 2.75) is 18.9 Å². The van der Waals surface area contributed by atoms with E-state index >= 15 is 0 Å². The number of carbonyl (C=O) groups is 1. The first-order chi connectivity index (χ1) is 9.29. The van der Waals surface area contributed by atoms with E-state index in [9.17, 15) is 4.79 Å². The van der Waals surface area contributed by atoms with Crippen molar-refractivity contribution in [3.8, 4) is 0 Å². The number of rotatable bonds is 4. The topological polar surface area (TPSA) is 40.5 Å². The molecule has 98 valence electrons. The standard InChI is InChI=1S/C16H17NO2/c18-10-9-17(15-7-8-15)16(19)14-6-5-12-3-1-2-4-13(12)11-14/h1-6,11,15,18H,7-10H2. The molecule has 1 fully saturated rings. The van der Waals surface area contributed by atoms with Crippen LogP contribution in [0, 0.1) is 0 Å². The van der Waals surface area contributed by atoms with E-state index in [0.29, 0.717) is 18.2 Å². The molecule has 0 heterocycles. The normalized spacial score (nSPS) is 14.6. The highest BCUT2D eigenvalue weighted by Gasteiger charge is 2.32. The van der Waals surface area contributed by atoms with E-state index in [1.807, 2.05) is 42.5 Å². The van der Waals surface area contributed by atoms with Crippen LogP contribution in [0.1, 0.15) is 23.2 Å². The third-order valence-electron chi connectivity index (χ3n) is 3.59. The van der Waals surface area contributed by atoms with Gasteiger partial charge in [-0.25, -0.2) is 0 Å². The van der Waals surface area contributed by atoms with Crippen LogP contribution in [-0.4, -0.2) is 35.1 Å². The Morgan fingerprint density at radius 1 is 1.16 bits per heavy atom. The molecular formula is C16H17NO2. The summed E-state index contributed by atoms with van der Waals surface area (Å²) in [6.45, 7) is 0.451. The number of benzene rings is 2. The summed E-state index contributed by atoms with van der Waals surface area (Å²) in [5, 5.41) is 11.3. The van der Waals surface area contributed by atoms with Crippen LogP contribution < -0.4 is 0 Å². The van der Waals surface area contributed by atoms with Crippen molar-refractivity contribution in [1.82, 2.24) is 4.90 Å². The van der Waals surface area contributed by atoms with Crippen molar-refractivity contribution in [3.05, 3.63) is 48.0 Å². The Labute approximate surface area is 112 Å². The van der Waals surface area contributed by atoms with Gasteiger partial charge in [0, 0.05) is 18.2 Å². The second-order valence-electron chi connectivity index (χ2n) is 5.02. The number of hydrogen-bond donors (Lipinski definition) is 1. The first kappa shape index (κ1) is 12.2. The van der Waals surface area contributed by atoms with Crippen molar-refractivity contribution < 1.29 is 9.90 Å². The van der Waals surface area contributed by atoms with Crippen molar-refractivity contribution in [2.75, 3.05) is 13.2 Å². The average molecular weight is 255 g/mol. The summed E-state index contributed by atoms with van der Waals surface area (Å²) in [7, 11) is 0. The van der Waals surface area contributed by atoms with Gasteiger partial charge in [0.05, 0.1) is 6.61 Å². The molecule has 0 atom stereocenters. The second kappa shape index (κ2) is 5.02. The summed E-state index contributed by atoms with van der Waals surface area (Å²) in [6.07, 6.45) is 2.11. The molecule has 1 saturated carbocycles. The molecule has 1 aliphatic rings. The highest BCUT2D eigenvalue weighted by Crippen LogP contribution is 2.28. The summed E-state index contributed by atoms with van der Waals surface area (Å²) >= 11 is 0. The largest absolute Gasteiger partial charge is 0.395 e. The molecule has 0 aliphatic heterocycles. The average Bonchev–Trinajstić information content (AvgIpc) is 3.28. The molecule has 0 aromatic heterocycles. The molecular weight excluding hydrogens is 238 g/mol. The number of fused-ring (bicyclic) bond motifs is 1. The van der Waals surface area contributed by atoms with Gasteiger partial charge in [0.2, 0.25) is 0 Å². The Hall–Kier alpha value is -1.87. The molecule has 0 spiro atoms. The predicted molar refractivity (Wildman–Crippen MR) is 75.1 cm³/mol. The van der Waals surface area contributed by atoms with Crippen LogP contribution in [0.3, 0.4) is 0 Å². The first-order valence-electron chi connectivity index (χ1n) is 6.70. The van der Waals surface area contributed by atoms with Gasteiger partial charge in [0.25, 0.3) is 5.91 Å². The third-order valence-corrected chi connectivity index (χ3v) is 3.59. The van der Waals surface area contributed by atoms with E-state index in [-0.39, 0.29) is 12.5 Å². The Balaban J connectivity index is 1.91. The molecule has 3 heteroatoms. The molecule has 0 saturated heterocycles. The van der Waals surface area contributed by atoms with Crippen molar-refractivity contribution >= 4 is 16.7 Å². The van der Waals surface area contributed by atoms with Crippen LogP contribution in [-0.2, 0) is 0 Å². The summed E-state index contributed by atoms with van der Waals surface area (Å²) in [5.41, 5.74) is 0.707. The molecule has 3 nitrogen and oxygen atoms in total. The zero-order valence-corrected chi connectivity index (χ0v) is 10.7. The Bertz CT molecular complexity index is 604. The van der Waals surface area contributed by atoms with Crippen molar-refractivity contribution in [3.63, 3.8) is 0 Å². The summed E-state index contributed by atoms with van der Waals surface area (Å²) < 4.78 is 0. The number of amides is 1. The Morgan fingerprint density at radius 3 is 2.58 bits per heavy atom. The molecule has 1 N–H and O–H groups in total. The van der Waals surface area contributed by atoms with Crippen LogP contribution in [0.25, 0.3) is 10.8 Å². The first-order valence-corrected chi connectivity index (χ1v) is 6.70. The van der Waals surface area contributed by atoms with Gasteiger partial charge in [-0.1, -0.05) is 30.3 Å². The monoisotopic (exact) mass is 255 g/mol. The molecule has 1 aliphatic carbocycles. The van der Waals surface area contributed by atoms with Gasteiger partial charge in [0.15, 0.2) is 0 Å². The molecule has 2 aromatic carbocycles. The van der Waals surface area contributed by atoms with Crippen molar-refractivity contribution in [1.29, 1.82) is 0 Å². The van der Waals surface area contributed by atoms with Gasteiger partial charge >= 0.3 is 0 Å². The van der Waals surface area contributed by atoms with Gasteiger partial charge < -0.3 is 10.0 Å². The number of hydrogen-bond acceptors (Lipinski definition) is 2. The van der Waals surface area contributed by atoms with Crippen molar-refractivity contribution in [2.24, 2.45) is 0 Å². The minimum absolute atomic E-state index is 0.0236. The number of aliphatic hydroxyl groups excluding tert-OH is 1. The quantitative estimate of drug-likeness (QED) is 0.911. The van der Waals surface area contributed by atoms with Gasteiger partial charge in [-0.3, -0.25) is 4.79 Å². The lowest BCUT2D eigenvalue weighted by Gasteiger charge is -2.21. The Morgan fingerprint density at radius 2 is 1.89 bits per heavy atom. The number of aliphatic hydroxyl groups is 1. The Kier molecular flexibility index (Phi) is 3.22. The fourth-order valence-corrected chi connectivity index (χ4v) is 2.43. The van der Waals surface area contributed by atoms with E-state index in [1.165, 1.54) is 0 Å². The minimum atomic E-state index is 0.0236. The molecule has 2 aromatic rings. The molecule has 1 amide bonds. The van der Waals surface area contributed by atoms with Gasteiger partial charge in [-0.05, 0) is 35.7 Å². The molecule has 19 heavy (non-hydrogen) atoms. The number of nitrogens with zero attached hydrogens (tertiary/aromatic N) is 1. The predicted octanol–water partition coefficient (Wildman–Crippen LogP) is 2.44. The van der Waals surface area contributed by atoms with E-state index in [0.717, 1.165) is 23.6 Å². The fourth-order valence-electron chi connectivity index (χ4n) is 2.43. The van der Waals surface area contributed by atoms with Crippen LogP contribution in [0.2, 0.25) is 0 Å². The smallest absolute Gasteiger partial charge is 0.254 e. The number of carbonyl (C=O) groups excluding carboxylic acids is 1. The highest BCUT2D eigenvalue weighted by atomic mass is 16.3. The second-order valence-corrected chi connectivity index (χ2v) is 5.02. The SMILES string of the molecule is O=C(c1ccc2ccccc2c1)N(CCO)C1CC1. The molecule has 0 radical (unpaired) electrons. The minimum Gasteiger partial charge on any atom is -0.395 e. The maximum atomic E-state index is 12.5. The van der Waals surface area contributed by atoms with Crippen LogP contribution in [0.15, 0.2) is 42.5 Å². The van der Waals surface area contributed by atoms with Gasteiger partial charge in [0.1, 0.15) is 0 Å². The summed E-state index contributed by atoms with van der Waals surface area (Å²) in [5.74, 6) is 0.0299. The molecule has 0 unspecified atom stereocenters. The fraction of sp³-hybridized carbons (Fsp3) is 0.312. The van der Waals surface area contributed by atoms with E-state index in [4.69, 9.17) is 5.11 Å². The van der Waals surface area contributed by atoms with E-state index in [1.54, 1.807) is 4.90 Å². The van der Waals surface area contributed by atoms with E-state index in [2.05, 4.69) is 0 Å². The van der Waals surface area contributed by atoms with Crippen LogP contribution >= 0.6 is 0 Å². The lowest BCUT2D eigenvalue weighted by atomic mass is 10.1. The van der Waals surface area contributed by atoms with E-state index < -0.39 is 0 Å². The maximum Gasteiger partial charge on any atom is 0.254 e. The van der Waals surface area contributed by atoms with Gasteiger partial charge in [-0.15, -0.1) is 0 Å². The van der Waals surface area contributed by atoms with Crippen LogP contribution in [0.5, 0.6) is 0 Å². The highest BCUT2D eigenvalue weighted by molar-refractivity contribution is 5.98. The summed E-state index contributed by atoms with van der Waals surface area (Å²) in [6, 6.07) is 14.1. The third kappa shape index (κ3) is 2.47. The summed E-state index contributed by atoms with van der Waals surface area (Å²) in [4.78, 5) is 14.3. The zero-order chi connectivity index (χ0) is 13.2. The lowest BCUT2D eigenvalue weighted by Crippen LogP contribution is -2.35. The lowest BCUT2D eigenvalue weighted by molar-refractivity contribution is 0.0708. The van der Waals surface area contributed by atoms with Gasteiger partial charge in [-0.2, -0.15) is 0 Å². The molecule has 3 rings (SSSR count). The molecule has 0 bridgehead atoms. The van der Waals surface area contributed by atoms with Crippen LogP contribution in [0.4, 0.5) is 0 Å². The maximum absolute atomic E-state index is 12.5. The zero-order valence-electron chi connectivity index (χ0n) is 10.7.